The summed E-state index contributed by atoms with van der Waals surface area (Å²) in [6.07, 6.45) is -2.19. The topological polar surface area (TPSA) is 29.5 Å². The average molecular weight is 258 g/mol. The first-order valence-corrected chi connectivity index (χ1v) is 5.66. The molecule has 1 atom stereocenters. The molecule has 1 N–H and O–H groups in total. The SMILES string of the molecule is OC(C1=CCCCO1)c1cccc(C(F)(F)F)c1. The average Bonchev–Trinajstić information content (AvgIpc) is 2.38. The fourth-order valence-corrected chi connectivity index (χ4v) is 1.82. The van der Waals surface area contributed by atoms with Crippen LogP contribution < -0.4 is 0 Å². The molecule has 1 unspecified atom stereocenters. The van der Waals surface area contributed by atoms with E-state index in [0.29, 0.717) is 12.4 Å². The molecule has 2 rings (SSSR count). The molecule has 0 radical (unpaired) electrons. The number of halogens is 3. The van der Waals surface area contributed by atoms with Crippen LogP contribution in [0.3, 0.4) is 0 Å². The Morgan fingerprint density at radius 2 is 2.06 bits per heavy atom. The highest BCUT2D eigenvalue weighted by Gasteiger charge is 2.31. The van der Waals surface area contributed by atoms with Gasteiger partial charge in [-0.15, -0.1) is 0 Å². The summed E-state index contributed by atoms with van der Waals surface area (Å²) in [4.78, 5) is 0. The fraction of sp³-hybridized carbons (Fsp3) is 0.385. The molecule has 0 spiro atoms. The van der Waals surface area contributed by atoms with Crippen LogP contribution in [-0.4, -0.2) is 11.7 Å². The Hall–Kier alpha value is -1.49. The van der Waals surface area contributed by atoms with Gasteiger partial charge in [0.25, 0.3) is 0 Å². The van der Waals surface area contributed by atoms with Crippen LogP contribution in [0.5, 0.6) is 0 Å². The number of hydrogen-bond donors (Lipinski definition) is 1. The molecule has 1 heterocycles. The zero-order chi connectivity index (χ0) is 13.2. The van der Waals surface area contributed by atoms with Crippen molar-refractivity contribution in [1.82, 2.24) is 0 Å². The molecule has 0 aromatic heterocycles. The van der Waals surface area contributed by atoms with E-state index in [4.69, 9.17) is 4.74 Å². The third-order valence-electron chi connectivity index (χ3n) is 2.76. The molecule has 5 heteroatoms. The summed E-state index contributed by atoms with van der Waals surface area (Å²) >= 11 is 0. The normalized spacial score (nSPS) is 17.9. The fourth-order valence-electron chi connectivity index (χ4n) is 1.82. The smallest absolute Gasteiger partial charge is 0.416 e. The van der Waals surface area contributed by atoms with E-state index in [1.807, 2.05) is 0 Å². The summed E-state index contributed by atoms with van der Waals surface area (Å²) in [7, 11) is 0. The number of allylic oxidation sites excluding steroid dienone is 1. The predicted molar refractivity (Wildman–Crippen MR) is 59.7 cm³/mol. The molecule has 18 heavy (non-hydrogen) atoms. The van der Waals surface area contributed by atoms with E-state index in [1.54, 1.807) is 6.08 Å². The lowest BCUT2D eigenvalue weighted by Crippen LogP contribution is -2.11. The van der Waals surface area contributed by atoms with Gasteiger partial charge >= 0.3 is 6.18 Å². The summed E-state index contributed by atoms with van der Waals surface area (Å²) in [5.74, 6) is 0.334. The summed E-state index contributed by atoms with van der Waals surface area (Å²) < 4.78 is 42.9. The van der Waals surface area contributed by atoms with Gasteiger partial charge in [0.15, 0.2) is 0 Å². The van der Waals surface area contributed by atoms with Crippen LogP contribution >= 0.6 is 0 Å². The van der Waals surface area contributed by atoms with Crippen molar-refractivity contribution in [1.29, 1.82) is 0 Å². The molecule has 0 saturated heterocycles. The molecule has 1 aromatic rings. The zero-order valence-electron chi connectivity index (χ0n) is 9.57. The van der Waals surface area contributed by atoms with Crippen LogP contribution in [0.2, 0.25) is 0 Å². The number of aliphatic hydroxyl groups is 1. The van der Waals surface area contributed by atoms with E-state index >= 15 is 0 Å². The predicted octanol–water partition coefficient (Wildman–Crippen LogP) is 3.43. The first-order valence-electron chi connectivity index (χ1n) is 5.66. The number of hydrogen-bond acceptors (Lipinski definition) is 2. The Morgan fingerprint density at radius 1 is 1.28 bits per heavy atom. The summed E-state index contributed by atoms with van der Waals surface area (Å²) in [5, 5.41) is 9.97. The molecule has 0 amide bonds. The first kappa shape index (κ1) is 13.0. The molecular weight excluding hydrogens is 245 g/mol. The number of benzene rings is 1. The largest absolute Gasteiger partial charge is 0.495 e. The van der Waals surface area contributed by atoms with Gasteiger partial charge in [0.05, 0.1) is 12.2 Å². The maximum Gasteiger partial charge on any atom is 0.416 e. The third-order valence-corrected chi connectivity index (χ3v) is 2.76. The van der Waals surface area contributed by atoms with Crippen molar-refractivity contribution in [3.8, 4) is 0 Å². The molecule has 1 aliphatic rings. The Kier molecular flexibility index (Phi) is 3.61. The molecule has 2 nitrogen and oxygen atoms in total. The highest BCUT2D eigenvalue weighted by molar-refractivity contribution is 5.30. The molecule has 1 aliphatic heterocycles. The van der Waals surface area contributed by atoms with Crippen molar-refractivity contribution in [2.75, 3.05) is 6.61 Å². The maximum absolute atomic E-state index is 12.5. The van der Waals surface area contributed by atoms with Gasteiger partial charge in [-0.2, -0.15) is 13.2 Å². The lowest BCUT2D eigenvalue weighted by molar-refractivity contribution is -0.137. The van der Waals surface area contributed by atoms with E-state index < -0.39 is 17.8 Å². The lowest BCUT2D eigenvalue weighted by atomic mass is 10.0. The van der Waals surface area contributed by atoms with Gasteiger partial charge in [0.1, 0.15) is 11.9 Å². The van der Waals surface area contributed by atoms with Crippen LogP contribution in [0.25, 0.3) is 0 Å². The van der Waals surface area contributed by atoms with Crippen LogP contribution in [0, 0.1) is 0 Å². The molecule has 0 aliphatic carbocycles. The molecule has 98 valence electrons. The summed E-state index contributed by atoms with van der Waals surface area (Å²) in [6, 6.07) is 4.67. The number of rotatable bonds is 2. The van der Waals surface area contributed by atoms with E-state index in [-0.39, 0.29) is 5.56 Å². The van der Waals surface area contributed by atoms with E-state index in [0.717, 1.165) is 25.0 Å². The Bertz CT molecular complexity index is 452. The van der Waals surface area contributed by atoms with Crippen LogP contribution in [0.15, 0.2) is 36.1 Å². The minimum absolute atomic E-state index is 0.193. The van der Waals surface area contributed by atoms with E-state index in [9.17, 15) is 18.3 Å². The minimum atomic E-state index is -4.41. The van der Waals surface area contributed by atoms with Crippen molar-refractivity contribution >= 4 is 0 Å². The third kappa shape index (κ3) is 2.85. The van der Waals surface area contributed by atoms with E-state index in [1.165, 1.54) is 12.1 Å². The van der Waals surface area contributed by atoms with Crippen molar-refractivity contribution in [2.45, 2.75) is 25.1 Å². The van der Waals surface area contributed by atoms with Crippen molar-refractivity contribution < 1.29 is 23.0 Å². The zero-order valence-corrected chi connectivity index (χ0v) is 9.57. The highest BCUT2D eigenvalue weighted by Crippen LogP contribution is 2.32. The van der Waals surface area contributed by atoms with Gasteiger partial charge < -0.3 is 9.84 Å². The standard InChI is InChI=1S/C13H13F3O2/c14-13(15,16)10-5-3-4-9(8-10)12(17)11-6-1-2-7-18-11/h3-6,8,12,17H,1-2,7H2. The van der Waals surface area contributed by atoms with E-state index in [2.05, 4.69) is 0 Å². The van der Waals surface area contributed by atoms with Crippen LogP contribution in [-0.2, 0) is 10.9 Å². The second-order valence-electron chi connectivity index (χ2n) is 4.12. The Balaban J connectivity index is 2.25. The first-order chi connectivity index (χ1) is 8.48. The maximum atomic E-state index is 12.5. The summed E-state index contributed by atoms with van der Waals surface area (Å²) in [5.41, 5.74) is -0.576. The quantitative estimate of drug-likeness (QED) is 0.880. The van der Waals surface area contributed by atoms with Gasteiger partial charge in [0.2, 0.25) is 0 Å². The van der Waals surface area contributed by atoms with Crippen LogP contribution in [0.4, 0.5) is 13.2 Å². The van der Waals surface area contributed by atoms with Gasteiger partial charge in [-0.1, -0.05) is 12.1 Å². The Labute approximate surface area is 103 Å². The Morgan fingerprint density at radius 3 is 2.67 bits per heavy atom. The molecular formula is C13H13F3O2. The van der Waals surface area contributed by atoms with Crippen molar-refractivity contribution in [3.63, 3.8) is 0 Å². The molecule has 0 saturated carbocycles. The van der Waals surface area contributed by atoms with Crippen LogP contribution in [0.1, 0.15) is 30.1 Å². The van der Waals surface area contributed by atoms with Crippen molar-refractivity contribution in [2.24, 2.45) is 0 Å². The van der Waals surface area contributed by atoms with Crippen molar-refractivity contribution in [3.05, 3.63) is 47.2 Å². The second-order valence-corrected chi connectivity index (χ2v) is 4.12. The molecule has 1 aromatic carbocycles. The van der Waals surface area contributed by atoms with Gasteiger partial charge in [-0.25, -0.2) is 0 Å². The van der Waals surface area contributed by atoms with Gasteiger partial charge in [-0.05, 0) is 36.6 Å². The van der Waals surface area contributed by atoms with Gasteiger partial charge in [0, 0.05) is 0 Å². The number of aliphatic hydroxyl groups excluding tert-OH is 1. The second kappa shape index (κ2) is 5.02. The lowest BCUT2D eigenvalue weighted by Gasteiger charge is -2.20. The number of ether oxygens (including phenoxy) is 1. The molecule has 0 bridgehead atoms. The monoisotopic (exact) mass is 258 g/mol. The molecule has 0 fully saturated rings. The minimum Gasteiger partial charge on any atom is -0.495 e. The van der Waals surface area contributed by atoms with Gasteiger partial charge in [-0.3, -0.25) is 0 Å². The highest BCUT2D eigenvalue weighted by atomic mass is 19.4. The number of alkyl halides is 3. The summed E-state index contributed by atoms with van der Waals surface area (Å²) in [6.45, 7) is 0.488.